The van der Waals surface area contributed by atoms with Gasteiger partial charge in [0.15, 0.2) is 0 Å². The molecule has 1 atom stereocenters. The molecular weight excluding hydrogens is 287 g/mol. The fraction of sp³-hybridized carbons (Fsp3) is 0.583. The molecule has 1 aliphatic rings. The van der Waals surface area contributed by atoms with Crippen molar-refractivity contribution in [1.29, 1.82) is 0 Å². The Labute approximate surface area is 119 Å². The summed E-state index contributed by atoms with van der Waals surface area (Å²) in [6.45, 7) is 0.430. The minimum Gasteiger partial charge on any atom is -0.373 e. The maximum absolute atomic E-state index is 12.7. The van der Waals surface area contributed by atoms with E-state index in [9.17, 15) is 18.0 Å². The SMILES string of the molecule is CNc1cc(NC2CCC(=O)N(C)C2)nc(C(F)(F)F)n1. The molecule has 116 valence electrons. The van der Waals surface area contributed by atoms with E-state index in [-0.39, 0.29) is 23.6 Å². The summed E-state index contributed by atoms with van der Waals surface area (Å²) in [5.41, 5.74) is 0. The summed E-state index contributed by atoms with van der Waals surface area (Å²) >= 11 is 0. The predicted octanol–water partition coefficient (Wildman–Crippen LogP) is 1.57. The van der Waals surface area contributed by atoms with Crippen LogP contribution in [0, 0.1) is 0 Å². The van der Waals surface area contributed by atoms with Gasteiger partial charge in [-0.15, -0.1) is 0 Å². The van der Waals surface area contributed by atoms with Gasteiger partial charge in [-0.1, -0.05) is 0 Å². The Morgan fingerprint density at radius 1 is 1.33 bits per heavy atom. The molecule has 1 amide bonds. The third-order valence-electron chi connectivity index (χ3n) is 3.21. The van der Waals surface area contributed by atoms with Crippen LogP contribution in [0.2, 0.25) is 0 Å². The average Bonchev–Trinajstić information content (AvgIpc) is 2.41. The summed E-state index contributed by atoms with van der Waals surface area (Å²) < 4.78 is 38.2. The lowest BCUT2D eigenvalue weighted by Gasteiger charge is -2.30. The summed E-state index contributed by atoms with van der Waals surface area (Å²) in [5.74, 6) is -0.991. The number of amides is 1. The largest absolute Gasteiger partial charge is 0.451 e. The number of nitrogens with one attached hydrogen (secondary N) is 2. The van der Waals surface area contributed by atoms with Crippen molar-refractivity contribution in [2.75, 3.05) is 31.3 Å². The van der Waals surface area contributed by atoms with Crippen LogP contribution in [0.3, 0.4) is 0 Å². The summed E-state index contributed by atoms with van der Waals surface area (Å²) in [7, 11) is 3.15. The van der Waals surface area contributed by atoms with Crippen LogP contribution >= 0.6 is 0 Å². The van der Waals surface area contributed by atoms with Crippen LogP contribution in [0.1, 0.15) is 18.7 Å². The molecular formula is C12H16F3N5O. The fourth-order valence-electron chi connectivity index (χ4n) is 2.12. The molecule has 21 heavy (non-hydrogen) atoms. The summed E-state index contributed by atoms with van der Waals surface area (Å²) in [6.07, 6.45) is -3.68. The molecule has 6 nitrogen and oxygen atoms in total. The van der Waals surface area contributed by atoms with Crippen LogP contribution in [-0.2, 0) is 11.0 Å². The van der Waals surface area contributed by atoms with Crippen molar-refractivity contribution in [3.63, 3.8) is 0 Å². The molecule has 0 saturated carbocycles. The Hall–Kier alpha value is -2.06. The lowest BCUT2D eigenvalue weighted by Crippen LogP contribution is -2.43. The number of carbonyl (C=O) groups is 1. The topological polar surface area (TPSA) is 70.2 Å². The van der Waals surface area contributed by atoms with E-state index < -0.39 is 12.0 Å². The number of likely N-dealkylation sites (N-methyl/N-ethyl adjacent to an activating group) is 1. The smallest absolute Gasteiger partial charge is 0.373 e. The van der Waals surface area contributed by atoms with Crippen LogP contribution in [0.4, 0.5) is 24.8 Å². The molecule has 1 unspecified atom stereocenters. The second kappa shape index (κ2) is 5.74. The minimum atomic E-state index is -4.61. The van der Waals surface area contributed by atoms with E-state index in [0.717, 1.165) is 0 Å². The van der Waals surface area contributed by atoms with Gasteiger partial charge in [0.1, 0.15) is 11.6 Å². The number of anilines is 2. The Kier molecular flexibility index (Phi) is 4.19. The quantitative estimate of drug-likeness (QED) is 0.887. The van der Waals surface area contributed by atoms with E-state index in [4.69, 9.17) is 0 Å². The number of alkyl halides is 3. The normalized spacial score (nSPS) is 19.6. The molecule has 0 radical (unpaired) electrons. The molecule has 1 aliphatic heterocycles. The third-order valence-corrected chi connectivity index (χ3v) is 3.21. The number of aromatic nitrogens is 2. The molecule has 0 bridgehead atoms. The zero-order valence-corrected chi connectivity index (χ0v) is 11.7. The Morgan fingerprint density at radius 3 is 2.57 bits per heavy atom. The molecule has 2 N–H and O–H groups in total. The highest BCUT2D eigenvalue weighted by molar-refractivity contribution is 5.77. The van der Waals surface area contributed by atoms with Crippen molar-refractivity contribution < 1.29 is 18.0 Å². The molecule has 0 aromatic carbocycles. The molecule has 1 aromatic heterocycles. The highest BCUT2D eigenvalue weighted by atomic mass is 19.4. The van der Waals surface area contributed by atoms with E-state index in [1.807, 2.05) is 0 Å². The van der Waals surface area contributed by atoms with Crippen molar-refractivity contribution in [2.45, 2.75) is 25.1 Å². The zero-order chi connectivity index (χ0) is 15.6. The summed E-state index contributed by atoms with van der Waals surface area (Å²) in [4.78, 5) is 19.8. The van der Waals surface area contributed by atoms with Gasteiger partial charge in [0.2, 0.25) is 11.7 Å². The van der Waals surface area contributed by atoms with E-state index in [2.05, 4.69) is 20.6 Å². The van der Waals surface area contributed by atoms with E-state index in [0.29, 0.717) is 19.4 Å². The van der Waals surface area contributed by atoms with E-state index in [1.54, 1.807) is 11.9 Å². The number of nitrogens with zero attached hydrogens (tertiary/aromatic N) is 3. The lowest BCUT2D eigenvalue weighted by atomic mass is 10.1. The first-order chi connectivity index (χ1) is 9.79. The van der Waals surface area contributed by atoms with Gasteiger partial charge in [-0.05, 0) is 6.42 Å². The molecule has 1 fully saturated rings. The number of likely N-dealkylation sites (tertiary alicyclic amines) is 1. The highest BCUT2D eigenvalue weighted by Gasteiger charge is 2.35. The van der Waals surface area contributed by atoms with Crippen LogP contribution in [0.5, 0.6) is 0 Å². The number of halogens is 3. The van der Waals surface area contributed by atoms with Gasteiger partial charge in [0.05, 0.1) is 0 Å². The third kappa shape index (κ3) is 3.73. The van der Waals surface area contributed by atoms with Gasteiger partial charge >= 0.3 is 6.18 Å². The maximum Gasteiger partial charge on any atom is 0.451 e. The fourth-order valence-corrected chi connectivity index (χ4v) is 2.12. The second-order valence-electron chi connectivity index (χ2n) is 4.86. The number of piperidine rings is 1. The molecule has 1 aromatic rings. The highest BCUT2D eigenvalue weighted by Crippen LogP contribution is 2.28. The lowest BCUT2D eigenvalue weighted by molar-refractivity contribution is -0.144. The molecule has 9 heteroatoms. The monoisotopic (exact) mass is 303 g/mol. The molecule has 2 rings (SSSR count). The van der Waals surface area contributed by atoms with Crippen molar-refractivity contribution in [1.82, 2.24) is 14.9 Å². The Bertz CT molecular complexity index is 534. The van der Waals surface area contributed by atoms with Crippen LogP contribution in [-0.4, -0.2) is 47.5 Å². The molecule has 1 saturated heterocycles. The summed E-state index contributed by atoms with van der Waals surface area (Å²) in [6, 6.07) is 1.28. The first-order valence-electron chi connectivity index (χ1n) is 6.44. The summed E-state index contributed by atoms with van der Waals surface area (Å²) in [5, 5.41) is 5.51. The predicted molar refractivity (Wildman–Crippen MR) is 70.9 cm³/mol. The molecule has 0 spiro atoms. The number of carbonyl (C=O) groups excluding carboxylic acids is 1. The van der Waals surface area contributed by atoms with Gasteiger partial charge < -0.3 is 15.5 Å². The minimum absolute atomic E-state index is 0.0302. The van der Waals surface area contributed by atoms with Gasteiger partial charge in [0.25, 0.3) is 0 Å². The molecule has 2 heterocycles. The second-order valence-corrected chi connectivity index (χ2v) is 4.86. The first-order valence-corrected chi connectivity index (χ1v) is 6.44. The zero-order valence-electron chi connectivity index (χ0n) is 11.7. The van der Waals surface area contributed by atoms with E-state index in [1.165, 1.54) is 13.1 Å². The average molecular weight is 303 g/mol. The van der Waals surface area contributed by atoms with Crippen molar-refractivity contribution in [3.8, 4) is 0 Å². The number of hydrogen-bond donors (Lipinski definition) is 2. The van der Waals surface area contributed by atoms with Gasteiger partial charge in [-0.3, -0.25) is 4.79 Å². The van der Waals surface area contributed by atoms with Crippen molar-refractivity contribution >= 4 is 17.5 Å². The Morgan fingerprint density at radius 2 is 2.00 bits per heavy atom. The van der Waals surface area contributed by atoms with Gasteiger partial charge in [-0.25, -0.2) is 9.97 Å². The van der Waals surface area contributed by atoms with Crippen molar-refractivity contribution in [3.05, 3.63) is 11.9 Å². The molecule has 0 aliphatic carbocycles. The van der Waals surface area contributed by atoms with Crippen LogP contribution in [0.15, 0.2) is 6.07 Å². The van der Waals surface area contributed by atoms with Crippen molar-refractivity contribution in [2.24, 2.45) is 0 Å². The first kappa shape index (κ1) is 15.3. The van der Waals surface area contributed by atoms with Gasteiger partial charge in [0, 0.05) is 39.2 Å². The van der Waals surface area contributed by atoms with Crippen LogP contribution in [0.25, 0.3) is 0 Å². The maximum atomic E-state index is 12.7. The number of hydrogen-bond acceptors (Lipinski definition) is 5. The van der Waals surface area contributed by atoms with E-state index >= 15 is 0 Å². The van der Waals surface area contributed by atoms with Crippen LogP contribution < -0.4 is 10.6 Å². The standard InChI is InChI=1S/C12H16F3N5O/c1-16-8-5-9(19-11(18-8)12(13,14)15)17-7-3-4-10(21)20(2)6-7/h5,7H,3-4,6H2,1-2H3,(H2,16,17,18,19). The van der Waals surface area contributed by atoms with Gasteiger partial charge in [-0.2, -0.15) is 13.2 Å². The number of rotatable bonds is 3. The Balaban J connectivity index is 2.18.